The molecule has 1 nitrogen and oxygen atoms in total. The fourth-order valence-electron chi connectivity index (χ4n) is 1.67. The molecule has 0 fully saturated rings. The topological polar surface area (TPSA) is 26.0 Å². The average molecular weight is 159 g/mol. The highest BCUT2D eigenvalue weighted by atomic mass is 14.6. The number of hydrogen-bond acceptors (Lipinski definition) is 1. The Hall–Kier alpha value is -1.08. The quantitative estimate of drug-likeness (QED) is 0.623. The van der Waals surface area contributed by atoms with Gasteiger partial charge in [-0.25, -0.2) is 0 Å². The van der Waals surface area contributed by atoms with Crippen molar-refractivity contribution in [3.8, 4) is 0 Å². The van der Waals surface area contributed by atoms with Gasteiger partial charge in [-0.1, -0.05) is 42.5 Å². The van der Waals surface area contributed by atoms with Crippen molar-refractivity contribution in [3.63, 3.8) is 0 Å². The molecule has 0 saturated heterocycles. The van der Waals surface area contributed by atoms with E-state index >= 15 is 0 Å². The maximum Gasteiger partial charge on any atom is 0.0232 e. The van der Waals surface area contributed by atoms with Gasteiger partial charge in [-0.05, 0) is 12.0 Å². The Morgan fingerprint density at radius 2 is 1.83 bits per heavy atom. The molecular weight excluding hydrogens is 146 g/mol. The van der Waals surface area contributed by atoms with Crippen molar-refractivity contribution in [1.29, 1.82) is 0 Å². The maximum atomic E-state index is 5.78. The predicted octanol–water partition coefficient (Wildman–Crippen LogP) is 2.06. The van der Waals surface area contributed by atoms with E-state index < -0.39 is 0 Å². The van der Waals surface area contributed by atoms with Crippen molar-refractivity contribution in [2.45, 2.75) is 18.4 Å². The molecule has 0 bridgehead atoms. The molecule has 12 heavy (non-hydrogen) atoms. The smallest absolute Gasteiger partial charge is 0.0232 e. The van der Waals surface area contributed by atoms with Gasteiger partial charge in [0.1, 0.15) is 0 Å². The molecular formula is C11H13N. The number of nitrogens with two attached hydrogens (primary N) is 1. The van der Waals surface area contributed by atoms with Crippen LogP contribution in [0.1, 0.15) is 17.9 Å². The van der Waals surface area contributed by atoms with E-state index in [1.165, 1.54) is 5.56 Å². The van der Waals surface area contributed by atoms with E-state index in [0.29, 0.717) is 5.92 Å². The molecule has 0 saturated carbocycles. The van der Waals surface area contributed by atoms with Crippen LogP contribution in [-0.4, -0.2) is 6.04 Å². The van der Waals surface area contributed by atoms with Crippen LogP contribution in [0.15, 0.2) is 42.5 Å². The first kappa shape index (κ1) is 7.56. The zero-order chi connectivity index (χ0) is 8.39. The number of allylic oxidation sites excluding steroid dienone is 1. The van der Waals surface area contributed by atoms with Crippen LogP contribution in [0, 0.1) is 0 Å². The molecule has 2 atom stereocenters. The zero-order valence-electron chi connectivity index (χ0n) is 6.98. The summed E-state index contributed by atoms with van der Waals surface area (Å²) < 4.78 is 0. The third-order valence-corrected chi connectivity index (χ3v) is 2.34. The molecule has 1 aliphatic rings. The van der Waals surface area contributed by atoms with Crippen molar-refractivity contribution >= 4 is 0 Å². The second-order valence-electron chi connectivity index (χ2n) is 3.30. The summed E-state index contributed by atoms with van der Waals surface area (Å²) in [4.78, 5) is 0. The third-order valence-electron chi connectivity index (χ3n) is 2.34. The molecule has 0 aliphatic heterocycles. The SMILES string of the molecule is NC1C=CC(c2ccccc2)C1. The molecule has 2 N–H and O–H groups in total. The minimum Gasteiger partial charge on any atom is -0.324 e. The standard InChI is InChI=1S/C11H13N/c12-11-7-6-10(8-11)9-4-2-1-3-5-9/h1-7,10-11H,8,12H2. The number of benzene rings is 1. The molecule has 2 rings (SSSR count). The van der Waals surface area contributed by atoms with Gasteiger partial charge < -0.3 is 5.73 Å². The highest BCUT2D eigenvalue weighted by Crippen LogP contribution is 2.27. The van der Waals surface area contributed by atoms with Crippen LogP contribution in [-0.2, 0) is 0 Å². The van der Waals surface area contributed by atoms with E-state index in [1.54, 1.807) is 0 Å². The van der Waals surface area contributed by atoms with Gasteiger partial charge in [0, 0.05) is 12.0 Å². The Balaban J connectivity index is 2.18. The molecule has 0 aromatic heterocycles. The summed E-state index contributed by atoms with van der Waals surface area (Å²) in [6.07, 6.45) is 5.36. The summed E-state index contributed by atoms with van der Waals surface area (Å²) in [5.74, 6) is 0.543. The summed E-state index contributed by atoms with van der Waals surface area (Å²) in [6, 6.07) is 10.8. The number of rotatable bonds is 1. The van der Waals surface area contributed by atoms with Crippen LogP contribution in [0.25, 0.3) is 0 Å². The summed E-state index contributed by atoms with van der Waals surface area (Å²) in [7, 11) is 0. The monoisotopic (exact) mass is 159 g/mol. The molecule has 62 valence electrons. The highest BCUT2D eigenvalue weighted by molar-refractivity contribution is 5.27. The first-order valence-electron chi connectivity index (χ1n) is 4.35. The first-order chi connectivity index (χ1) is 5.86. The maximum absolute atomic E-state index is 5.78. The Morgan fingerprint density at radius 1 is 1.08 bits per heavy atom. The van der Waals surface area contributed by atoms with E-state index in [2.05, 4.69) is 36.4 Å². The van der Waals surface area contributed by atoms with Crippen LogP contribution in [0.5, 0.6) is 0 Å². The molecule has 1 heteroatoms. The van der Waals surface area contributed by atoms with Gasteiger partial charge in [0.05, 0.1) is 0 Å². The van der Waals surface area contributed by atoms with Crippen molar-refractivity contribution < 1.29 is 0 Å². The molecule has 0 radical (unpaired) electrons. The predicted molar refractivity (Wildman–Crippen MR) is 50.9 cm³/mol. The Labute approximate surface area is 72.9 Å². The fraction of sp³-hybridized carbons (Fsp3) is 0.273. The van der Waals surface area contributed by atoms with Gasteiger partial charge in [-0.3, -0.25) is 0 Å². The van der Waals surface area contributed by atoms with Gasteiger partial charge in [0.2, 0.25) is 0 Å². The second-order valence-corrected chi connectivity index (χ2v) is 3.30. The van der Waals surface area contributed by atoms with Gasteiger partial charge >= 0.3 is 0 Å². The lowest BCUT2D eigenvalue weighted by Crippen LogP contribution is -2.14. The van der Waals surface area contributed by atoms with Crippen molar-refractivity contribution in [2.75, 3.05) is 0 Å². The lowest BCUT2D eigenvalue weighted by molar-refractivity contribution is 0.710. The van der Waals surface area contributed by atoms with Crippen LogP contribution >= 0.6 is 0 Å². The van der Waals surface area contributed by atoms with Gasteiger partial charge in [0.25, 0.3) is 0 Å². The fourth-order valence-corrected chi connectivity index (χ4v) is 1.67. The van der Waals surface area contributed by atoms with Crippen molar-refractivity contribution in [1.82, 2.24) is 0 Å². The molecule has 1 aliphatic carbocycles. The van der Waals surface area contributed by atoms with E-state index in [-0.39, 0.29) is 6.04 Å². The third kappa shape index (κ3) is 1.41. The summed E-state index contributed by atoms with van der Waals surface area (Å²) in [5, 5.41) is 0. The Bertz CT molecular complexity index is 276. The van der Waals surface area contributed by atoms with E-state index in [4.69, 9.17) is 5.73 Å². The van der Waals surface area contributed by atoms with Crippen LogP contribution in [0.3, 0.4) is 0 Å². The largest absolute Gasteiger partial charge is 0.324 e. The molecule has 1 aromatic carbocycles. The van der Waals surface area contributed by atoms with Crippen LogP contribution in [0.2, 0.25) is 0 Å². The summed E-state index contributed by atoms with van der Waals surface area (Å²) in [5.41, 5.74) is 7.15. The number of hydrogen-bond donors (Lipinski definition) is 1. The molecule has 2 unspecified atom stereocenters. The first-order valence-corrected chi connectivity index (χ1v) is 4.35. The van der Waals surface area contributed by atoms with Gasteiger partial charge in [0.15, 0.2) is 0 Å². The second kappa shape index (κ2) is 3.11. The zero-order valence-corrected chi connectivity index (χ0v) is 6.98. The van der Waals surface area contributed by atoms with Gasteiger partial charge in [-0.15, -0.1) is 0 Å². The van der Waals surface area contributed by atoms with E-state index in [9.17, 15) is 0 Å². The highest BCUT2D eigenvalue weighted by Gasteiger charge is 2.16. The van der Waals surface area contributed by atoms with Gasteiger partial charge in [-0.2, -0.15) is 0 Å². The lowest BCUT2D eigenvalue weighted by Gasteiger charge is -2.08. The van der Waals surface area contributed by atoms with Crippen molar-refractivity contribution in [3.05, 3.63) is 48.0 Å². The molecule has 0 spiro atoms. The normalized spacial score (nSPS) is 27.8. The summed E-state index contributed by atoms with van der Waals surface area (Å²) in [6.45, 7) is 0. The average Bonchev–Trinajstić information content (AvgIpc) is 2.54. The molecule has 0 amide bonds. The van der Waals surface area contributed by atoms with Crippen molar-refractivity contribution in [2.24, 2.45) is 5.73 Å². The molecule has 1 aromatic rings. The minimum atomic E-state index is 0.259. The van der Waals surface area contributed by atoms with E-state index in [0.717, 1.165) is 6.42 Å². The Morgan fingerprint density at radius 3 is 2.42 bits per heavy atom. The lowest BCUT2D eigenvalue weighted by atomic mass is 9.98. The Kier molecular flexibility index (Phi) is 1.96. The summed E-state index contributed by atoms with van der Waals surface area (Å²) >= 11 is 0. The van der Waals surface area contributed by atoms with Crippen LogP contribution in [0.4, 0.5) is 0 Å². The molecule has 0 heterocycles. The van der Waals surface area contributed by atoms with E-state index in [1.807, 2.05) is 6.07 Å². The minimum absolute atomic E-state index is 0.259. The van der Waals surface area contributed by atoms with Crippen LogP contribution < -0.4 is 5.73 Å².